The van der Waals surface area contributed by atoms with Gasteiger partial charge in [-0.05, 0) is 5.92 Å². The van der Waals surface area contributed by atoms with Gasteiger partial charge in [0, 0.05) is 13.1 Å². The molecule has 1 rings (SSSR count). The highest BCUT2D eigenvalue weighted by Gasteiger charge is 2.09. The van der Waals surface area contributed by atoms with E-state index in [9.17, 15) is 4.79 Å². The van der Waals surface area contributed by atoms with Crippen molar-refractivity contribution >= 4 is 17.3 Å². The summed E-state index contributed by atoms with van der Waals surface area (Å²) in [6.07, 6.45) is 1.50. The average molecular weight is 246 g/mol. The van der Waals surface area contributed by atoms with Gasteiger partial charge in [-0.2, -0.15) is 5.10 Å². The van der Waals surface area contributed by atoms with Crippen molar-refractivity contribution in [2.75, 3.05) is 18.5 Å². The summed E-state index contributed by atoms with van der Waals surface area (Å²) in [5.41, 5.74) is 0.152. The van der Waals surface area contributed by atoms with Gasteiger partial charge in [0.05, 0.1) is 18.5 Å². The summed E-state index contributed by atoms with van der Waals surface area (Å²) in [4.78, 5) is 11.8. The van der Waals surface area contributed by atoms with E-state index in [4.69, 9.17) is 16.7 Å². The molecular formula is C10H16ClN3O2. The Bertz CT molecular complexity index is 404. The van der Waals surface area contributed by atoms with E-state index >= 15 is 0 Å². The van der Waals surface area contributed by atoms with Crippen molar-refractivity contribution in [3.05, 3.63) is 21.6 Å². The zero-order valence-corrected chi connectivity index (χ0v) is 10.2. The van der Waals surface area contributed by atoms with Crippen LogP contribution in [0.15, 0.2) is 11.0 Å². The van der Waals surface area contributed by atoms with E-state index in [2.05, 4.69) is 10.4 Å². The highest BCUT2D eigenvalue weighted by atomic mass is 35.5. The van der Waals surface area contributed by atoms with Crippen LogP contribution in [0.2, 0.25) is 5.02 Å². The molecule has 0 bridgehead atoms. The minimum absolute atomic E-state index is 0.0224. The van der Waals surface area contributed by atoms with Crippen molar-refractivity contribution in [2.24, 2.45) is 5.92 Å². The van der Waals surface area contributed by atoms with E-state index < -0.39 is 0 Å². The number of halogens is 1. The molecule has 0 spiro atoms. The molecule has 0 amide bonds. The molecule has 0 saturated heterocycles. The Kier molecular flexibility index (Phi) is 4.76. The Morgan fingerprint density at radius 1 is 1.62 bits per heavy atom. The zero-order chi connectivity index (χ0) is 12.1. The topological polar surface area (TPSA) is 67.2 Å². The summed E-state index contributed by atoms with van der Waals surface area (Å²) in [6.45, 7) is 4.86. The van der Waals surface area contributed by atoms with Gasteiger partial charge in [-0.3, -0.25) is 4.79 Å². The lowest BCUT2D eigenvalue weighted by Crippen LogP contribution is -2.26. The van der Waals surface area contributed by atoms with Crippen LogP contribution in [0.3, 0.4) is 0 Å². The van der Waals surface area contributed by atoms with Crippen molar-refractivity contribution in [1.29, 1.82) is 0 Å². The molecule has 0 radical (unpaired) electrons. The molecule has 1 aromatic heterocycles. The largest absolute Gasteiger partial charge is 0.395 e. The lowest BCUT2D eigenvalue weighted by atomic mass is 10.2. The van der Waals surface area contributed by atoms with Crippen LogP contribution in [-0.2, 0) is 6.54 Å². The first-order valence-electron chi connectivity index (χ1n) is 5.16. The molecule has 0 aliphatic rings. The van der Waals surface area contributed by atoms with Gasteiger partial charge in [-0.15, -0.1) is 0 Å². The molecule has 0 unspecified atom stereocenters. The highest BCUT2D eigenvalue weighted by Crippen LogP contribution is 2.14. The van der Waals surface area contributed by atoms with Gasteiger partial charge in [0.2, 0.25) is 0 Å². The molecule has 6 heteroatoms. The molecule has 5 nitrogen and oxygen atoms in total. The third kappa shape index (κ3) is 3.21. The molecule has 90 valence electrons. The molecule has 0 atom stereocenters. The van der Waals surface area contributed by atoms with Crippen LogP contribution < -0.4 is 10.9 Å². The van der Waals surface area contributed by atoms with Gasteiger partial charge >= 0.3 is 0 Å². The fourth-order valence-electron chi connectivity index (χ4n) is 1.25. The first kappa shape index (κ1) is 13.0. The number of aliphatic hydroxyl groups excluding tert-OH is 1. The first-order chi connectivity index (χ1) is 7.56. The van der Waals surface area contributed by atoms with E-state index in [0.717, 1.165) is 0 Å². The number of nitrogens with one attached hydrogen (secondary N) is 1. The van der Waals surface area contributed by atoms with Crippen LogP contribution in [0.25, 0.3) is 0 Å². The molecule has 0 saturated carbocycles. The Balaban J connectivity index is 2.94. The van der Waals surface area contributed by atoms with E-state index in [-0.39, 0.29) is 17.2 Å². The molecule has 2 N–H and O–H groups in total. The van der Waals surface area contributed by atoms with Crippen LogP contribution in [-0.4, -0.2) is 28.0 Å². The van der Waals surface area contributed by atoms with Gasteiger partial charge in [0.25, 0.3) is 5.56 Å². The summed E-state index contributed by atoms with van der Waals surface area (Å²) in [6, 6.07) is 0. The maximum absolute atomic E-state index is 11.8. The second-order valence-corrected chi connectivity index (χ2v) is 4.28. The minimum Gasteiger partial charge on any atom is -0.395 e. The number of rotatable bonds is 5. The normalized spacial score (nSPS) is 10.8. The van der Waals surface area contributed by atoms with Crippen LogP contribution in [0.4, 0.5) is 5.69 Å². The second-order valence-electron chi connectivity index (χ2n) is 3.90. The summed E-state index contributed by atoms with van der Waals surface area (Å²) in [5, 5.41) is 15.6. The van der Waals surface area contributed by atoms with Gasteiger partial charge in [-0.25, -0.2) is 4.68 Å². The SMILES string of the molecule is CC(C)Cn1ncc(NCCO)c(Cl)c1=O. The Labute approximate surface area is 99.0 Å². The average Bonchev–Trinajstić information content (AvgIpc) is 2.23. The second kappa shape index (κ2) is 5.86. The van der Waals surface area contributed by atoms with Gasteiger partial charge in [-0.1, -0.05) is 25.4 Å². The lowest BCUT2D eigenvalue weighted by molar-refractivity contribution is 0.311. The van der Waals surface area contributed by atoms with Crippen LogP contribution in [0, 0.1) is 5.92 Å². The summed E-state index contributed by atoms with van der Waals surface area (Å²) in [7, 11) is 0. The minimum atomic E-state index is -0.307. The Hall–Kier alpha value is -1.07. The van der Waals surface area contributed by atoms with Crippen LogP contribution in [0.1, 0.15) is 13.8 Å². The summed E-state index contributed by atoms with van der Waals surface area (Å²) < 4.78 is 1.34. The molecule has 0 aliphatic heterocycles. The number of nitrogens with zero attached hydrogens (tertiary/aromatic N) is 2. The van der Waals surface area contributed by atoms with E-state index in [1.165, 1.54) is 10.9 Å². The van der Waals surface area contributed by atoms with Gasteiger partial charge < -0.3 is 10.4 Å². The standard InChI is InChI=1S/C10H16ClN3O2/c1-7(2)6-14-10(16)9(11)8(5-13-14)12-3-4-15/h5,7,12,15H,3-4,6H2,1-2H3. The smallest absolute Gasteiger partial charge is 0.287 e. The fourth-order valence-corrected chi connectivity index (χ4v) is 1.47. The summed E-state index contributed by atoms with van der Waals surface area (Å²) in [5.74, 6) is 0.331. The van der Waals surface area contributed by atoms with Crippen molar-refractivity contribution in [3.63, 3.8) is 0 Å². The Morgan fingerprint density at radius 2 is 2.31 bits per heavy atom. The fraction of sp³-hybridized carbons (Fsp3) is 0.600. The molecule has 1 heterocycles. The van der Waals surface area contributed by atoms with Crippen molar-refractivity contribution in [3.8, 4) is 0 Å². The van der Waals surface area contributed by atoms with Crippen molar-refractivity contribution < 1.29 is 5.11 Å². The molecule has 16 heavy (non-hydrogen) atoms. The molecule has 0 aromatic carbocycles. The zero-order valence-electron chi connectivity index (χ0n) is 9.40. The summed E-state index contributed by atoms with van der Waals surface area (Å²) >= 11 is 5.90. The van der Waals surface area contributed by atoms with E-state index in [0.29, 0.717) is 24.7 Å². The monoisotopic (exact) mass is 245 g/mol. The quantitative estimate of drug-likeness (QED) is 0.811. The molecule has 0 fully saturated rings. The maximum atomic E-state index is 11.8. The highest BCUT2D eigenvalue weighted by molar-refractivity contribution is 6.32. The first-order valence-corrected chi connectivity index (χ1v) is 5.54. The Morgan fingerprint density at radius 3 is 2.88 bits per heavy atom. The van der Waals surface area contributed by atoms with Crippen molar-refractivity contribution in [2.45, 2.75) is 20.4 Å². The lowest BCUT2D eigenvalue weighted by Gasteiger charge is -2.10. The maximum Gasteiger partial charge on any atom is 0.287 e. The van der Waals surface area contributed by atoms with Crippen LogP contribution in [0.5, 0.6) is 0 Å². The number of aromatic nitrogens is 2. The third-order valence-electron chi connectivity index (χ3n) is 1.95. The third-order valence-corrected chi connectivity index (χ3v) is 2.32. The molecular weight excluding hydrogens is 230 g/mol. The molecule has 1 aromatic rings. The molecule has 0 aliphatic carbocycles. The van der Waals surface area contributed by atoms with E-state index in [1.54, 1.807) is 0 Å². The van der Waals surface area contributed by atoms with Crippen molar-refractivity contribution in [1.82, 2.24) is 9.78 Å². The number of hydrogen-bond acceptors (Lipinski definition) is 4. The van der Waals surface area contributed by atoms with Gasteiger partial charge in [0.15, 0.2) is 0 Å². The number of hydrogen-bond donors (Lipinski definition) is 2. The van der Waals surface area contributed by atoms with E-state index in [1.807, 2.05) is 13.8 Å². The predicted octanol–water partition coefficient (Wildman–Crippen LogP) is 0.957. The van der Waals surface area contributed by atoms with Crippen LogP contribution >= 0.6 is 11.6 Å². The van der Waals surface area contributed by atoms with Gasteiger partial charge in [0.1, 0.15) is 5.02 Å². The predicted molar refractivity (Wildman–Crippen MR) is 63.9 cm³/mol. The number of anilines is 1. The number of aliphatic hydroxyl groups is 1.